The molecule has 0 aromatic carbocycles. The summed E-state index contributed by atoms with van der Waals surface area (Å²) in [6, 6.07) is 1.58. The lowest BCUT2D eigenvalue weighted by Gasteiger charge is -2.14. The van der Waals surface area contributed by atoms with Crippen molar-refractivity contribution in [2.45, 2.75) is 6.92 Å². The molecule has 3 rings (SSSR count). The number of carbonyl (C=O) groups excluding carboxylic acids is 1. The predicted octanol–water partition coefficient (Wildman–Crippen LogP) is 1.68. The zero-order valence-electron chi connectivity index (χ0n) is 12.2. The summed E-state index contributed by atoms with van der Waals surface area (Å²) in [6.45, 7) is 1.59. The van der Waals surface area contributed by atoms with Crippen LogP contribution >= 0.6 is 11.3 Å². The Balaban J connectivity index is 1.78. The molecular weight excluding hydrogens is 324 g/mol. The lowest BCUT2D eigenvalue weighted by atomic mass is 10.4. The van der Waals surface area contributed by atoms with Crippen LogP contribution in [0.2, 0.25) is 0 Å². The van der Waals surface area contributed by atoms with E-state index in [1.54, 1.807) is 31.6 Å². The van der Waals surface area contributed by atoms with Crippen LogP contribution in [0.4, 0.5) is 17.5 Å². The lowest BCUT2D eigenvalue weighted by molar-refractivity contribution is -0.389. The summed E-state index contributed by atoms with van der Waals surface area (Å²) in [7, 11) is 1.56. The molecule has 11 heteroatoms. The third-order valence-corrected chi connectivity index (χ3v) is 3.79. The first-order valence-corrected chi connectivity index (χ1v) is 7.38. The van der Waals surface area contributed by atoms with E-state index in [0.29, 0.717) is 16.5 Å². The minimum atomic E-state index is -0.516. The third kappa shape index (κ3) is 2.85. The Morgan fingerprint density at radius 3 is 3.04 bits per heavy atom. The summed E-state index contributed by atoms with van der Waals surface area (Å²) in [4.78, 5) is 28.9. The van der Waals surface area contributed by atoms with Gasteiger partial charge in [-0.15, -0.1) is 0 Å². The molecule has 0 atom stereocenters. The van der Waals surface area contributed by atoms with Crippen LogP contribution in [-0.2, 0) is 4.79 Å². The normalized spacial score (nSPS) is 10.9. The molecule has 0 spiro atoms. The van der Waals surface area contributed by atoms with Gasteiger partial charge in [0.15, 0.2) is 5.82 Å². The third-order valence-electron chi connectivity index (χ3n) is 3.03. The van der Waals surface area contributed by atoms with Crippen LogP contribution in [0.25, 0.3) is 4.96 Å². The molecule has 23 heavy (non-hydrogen) atoms. The molecule has 1 N–H and O–H groups in total. The molecule has 1 amide bonds. The van der Waals surface area contributed by atoms with Gasteiger partial charge in [0.1, 0.15) is 12.0 Å². The summed E-state index contributed by atoms with van der Waals surface area (Å²) >= 11 is 1.28. The van der Waals surface area contributed by atoms with Gasteiger partial charge in [0.2, 0.25) is 11.7 Å². The largest absolute Gasteiger partial charge is 0.373 e. The number of fused-ring (bicyclic) bond motifs is 1. The highest BCUT2D eigenvalue weighted by atomic mass is 32.1. The molecule has 0 saturated heterocycles. The highest BCUT2D eigenvalue weighted by Crippen LogP contribution is 2.30. The molecule has 3 aromatic rings. The SMILES string of the molecule is Cc1cc(NC(=O)CN(C)c2nc3sccn3c2[N+](=O)[O-])no1. The molecule has 0 aliphatic carbocycles. The Morgan fingerprint density at radius 1 is 1.61 bits per heavy atom. The standard InChI is InChI=1S/C12H12N6O4S/c1-7-5-8(15-22-7)13-9(19)6-16(2)10-11(18(20)21)17-3-4-23-12(17)14-10/h3-5H,6H2,1-2H3,(H,13,15,19). The van der Waals surface area contributed by atoms with Crippen molar-refractivity contribution in [2.75, 3.05) is 23.8 Å². The number of hydrogen-bond donors (Lipinski definition) is 1. The molecule has 0 unspecified atom stereocenters. The van der Waals surface area contributed by atoms with Gasteiger partial charge in [0.05, 0.1) is 6.54 Å². The van der Waals surface area contributed by atoms with E-state index in [-0.39, 0.29) is 24.1 Å². The van der Waals surface area contributed by atoms with E-state index in [1.807, 2.05) is 0 Å². The number of aromatic nitrogens is 3. The molecule has 0 aliphatic heterocycles. The molecule has 3 heterocycles. The fourth-order valence-electron chi connectivity index (χ4n) is 2.09. The second-order valence-electron chi connectivity index (χ2n) is 4.80. The second kappa shape index (κ2) is 5.68. The summed E-state index contributed by atoms with van der Waals surface area (Å²) in [5.74, 6) is 0.438. The van der Waals surface area contributed by atoms with Crippen LogP contribution in [0.3, 0.4) is 0 Å². The van der Waals surface area contributed by atoms with Crippen molar-refractivity contribution in [3.63, 3.8) is 0 Å². The van der Waals surface area contributed by atoms with Gasteiger partial charge >= 0.3 is 5.82 Å². The molecule has 0 radical (unpaired) electrons. The minimum absolute atomic E-state index is 0.114. The van der Waals surface area contributed by atoms with Crippen molar-refractivity contribution >= 4 is 39.7 Å². The zero-order chi connectivity index (χ0) is 16.6. The molecule has 120 valence electrons. The fourth-order valence-corrected chi connectivity index (χ4v) is 2.79. The van der Waals surface area contributed by atoms with Gasteiger partial charge in [-0.05, 0) is 11.8 Å². The van der Waals surface area contributed by atoms with E-state index >= 15 is 0 Å². The highest BCUT2D eigenvalue weighted by molar-refractivity contribution is 7.15. The Morgan fingerprint density at radius 2 is 2.39 bits per heavy atom. The van der Waals surface area contributed by atoms with E-state index in [9.17, 15) is 14.9 Å². The molecule has 0 fully saturated rings. The molecule has 0 aliphatic rings. The number of hydrogen-bond acceptors (Lipinski definition) is 8. The number of anilines is 2. The minimum Gasteiger partial charge on any atom is -0.360 e. The number of aryl methyl sites for hydroxylation is 1. The monoisotopic (exact) mass is 336 g/mol. The predicted molar refractivity (Wildman–Crippen MR) is 82.9 cm³/mol. The number of nitrogens with zero attached hydrogens (tertiary/aromatic N) is 5. The van der Waals surface area contributed by atoms with E-state index in [0.717, 1.165) is 0 Å². The lowest BCUT2D eigenvalue weighted by Crippen LogP contribution is -2.30. The van der Waals surface area contributed by atoms with E-state index < -0.39 is 4.92 Å². The summed E-state index contributed by atoms with van der Waals surface area (Å²) in [5, 5.41) is 19.2. The van der Waals surface area contributed by atoms with Gasteiger partial charge < -0.3 is 24.9 Å². The zero-order valence-corrected chi connectivity index (χ0v) is 13.0. The summed E-state index contributed by atoms with van der Waals surface area (Å²) in [5.41, 5.74) is 0. The highest BCUT2D eigenvalue weighted by Gasteiger charge is 2.27. The molecule has 3 aromatic heterocycles. The van der Waals surface area contributed by atoms with Crippen molar-refractivity contribution in [1.29, 1.82) is 0 Å². The van der Waals surface area contributed by atoms with Crippen molar-refractivity contribution in [3.8, 4) is 0 Å². The van der Waals surface area contributed by atoms with E-state index in [4.69, 9.17) is 4.52 Å². The van der Waals surface area contributed by atoms with Crippen LogP contribution < -0.4 is 10.2 Å². The average Bonchev–Trinajstić information content (AvgIpc) is 3.12. The number of carbonyl (C=O) groups is 1. The average molecular weight is 336 g/mol. The number of nitro groups is 1. The number of likely N-dealkylation sites (N-methyl/N-ethyl adjacent to an activating group) is 1. The smallest absolute Gasteiger partial charge is 0.360 e. The Bertz CT molecular complexity index is 881. The molecule has 0 saturated carbocycles. The first-order chi connectivity index (χ1) is 11.0. The van der Waals surface area contributed by atoms with Crippen molar-refractivity contribution in [3.05, 3.63) is 33.5 Å². The summed E-state index contributed by atoms with van der Waals surface area (Å²) < 4.78 is 6.24. The van der Waals surface area contributed by atoms with Crippen LogP contribution in [0.1, 0.15) is 5.76 Å². The van der Waals surface area contributed by atoms with E-state index in [2.05, 4.69) is 15.5 Å². The van der Waals surface area contributed by atoms with Crippen molar-refractivity contribution in [1.82, 2.24) is 14.5 Å². The maximum atomic E-state index is 12.0. The Kier molecular flexibility index (Phi) is 3.70. The first kappa shape index (κ1) is 15.0. The van der Waals surface area contributed by atoms with Gasteiger partial charge in [-0.25, -0.2) is 0 Å². The van der Waals surface area contributed by atoms with Gasteiger partial charge in [-0.1, -0.05) is 16.5 Å². The Labute approximate surface area is 133 Å². The fraction of sp³-hybridized carbons (Fsp3) is 0.250. The van der Waals surface area contributed by atoms with Gasteiger partial charge in [0.25, 0.3) is 4.96 Å². The topological polar surface area (TPSA) is 119 Å². The Hall–Kier alpha value is -2.95. The van der Waals surface area contributed by atoms with Gasteiger partial charge in [0, 0.05) is 18.5 Å². The number of amides is 1. The number of rotatable bonds is 5. The van der Waals surface area contributed by atoms with Crippen molar-refractivity contribution < 1.29 is 14.2 Å². The van der Waals surface area contributed by atoms with Crippen LogP contribution in [0.15, 0.2) is 22.2 Å². The van der Waals surface area contributed by atoms with E-state index in [1.165, 1.54) is 20.6 Å². The first-order valence-electron chi connectivity index (χ1n) is 6.50. The van der Waals surface area contributed by atoms with Gasteiger partial charge in [-0.2, -0.15) is 9.38 Å². The summed E-state index contributed by atoms with van der Waals surface area (Å²) in [6.07, 6.45) is 1.57. The maximum absolute atomic E-state index is 12.0. The van der Waals surface area contributed by atoms with Crippen LogP contribution in [-0.4, -0.2) is 39.0 Å². The molecular formula is C12H12N6O4S. The van der Waals surface area contributed by atoms with Crippen LogP contribution in [0.5, 0.6) is 0 Å². The number of thiazole rings is 1. The molecule has 0 bridgehead atoms. The second-order valence-corrected chi connectivity index (χ2v) is 5.67. The molecule has 10 nitrogen and oxygen atoms in total. The number of imidazole rings is 1. The van der Waals surface area contributed by atoms with Crippen LogP contribution in [0, 0.1) is 17.0 Å². The number of nitrogens with one attached hydrogen (secondary N) is 1. The quantitative estimate of drug-likeness (QED) is 0.556. The van der Waals surface area contributed by atoms with Gasteiger partial charge in [-0.3, -0.25) is 4.79 Å². The maximum Gasteiger partial charge on any atom is 0.373 e. The van der Waals surface area contributed by atoms with Crippen molar-refractivity contribution in [2.24, 2.45) is 0 Å².